The molecule has 0 atom stereocenters. The molecule has 0 saturated carbocycles. The van der Waals surface area contributed by atoms with E-state index in [1.807, 2.05) is 31.2 Å². The Labute approximate surface area is 116 Å². The number of rotatable bonds is 3. The standard InChI is InChI=1S/C17H12FNO/c1-12-5-4-6-13(9-12)10-14(11-19)17(20)15-7-2-3-8-16(15)18/h2-10H,1H3/b14-10+. The predicted octanol–water partition coefficient (Wildman–Crippen LogP) is 3.92. The molecule has 0 radical (unpaired) electrons. The zero-order valence-corrected chi connectivity index (χ0v) is 10.9. The number of hydrogen-bond donors (Lipinski definition) is 0. The summed E-state index contributed by atoms with van der Waals surface area (Å²) in [7, 11) is 0. The lowest BCUT2D eigenvalue weighted by Crippen LogP contribution is -2.04. The average Bonchev–Trinajstić information content (AvgIpc) is 2.44. The zero-order valence-electron chi connectivity index (χ0n) is 10.9. The van der Waals surface area contributed by atoms with Gasteiger partial charge in [0.1, 0.15) is 17.5 Å². The number of nitriles is 1. The fraction of sp³-hybridized carbons (Fsp3) is 0.0588. The van der Waals surface area contributed by atoms with Gasteiger partial charge in [0.2, 0.25) is 5.78 Å². The average molecular weight is 265 g/mol. The number of Topliss-reactive ketones (excluding diaryl/α,β-unsaturated/α-hetero) is 1. The quantitative estimate of drug-likeness (QED) is 0.479. The molecule has 2 aromatic carbocycles. The van der Waals surface area contributed by atoms with Crippen LogP contribution in [-0.2, 0) is 0 Å². The number of carbonyl (C=O) groups excluding carboxylic acids is 1. The third-order valence-electron chi connectivity index (χ3n) is 2.84. The second kappa shape index (κ2) is 5.94. The van der Waals surface area contributed by atoms with E-state index in [1.54, 1.807) is 12.1 Å². The summed E-state index contributed by atoms with van der Waals surface area (Å²) >= 11 is 0. The summed E-state index contributed by atoms with van der Waals surface area (Å²) in [6.07, 6.45) is 1.47. The van der Waals surface area contributed by atoms with E-state index in [2.05, 4.69) is 0 Å². The zero-order chi connectivity index (χ0) is 14.5. The number of carbonyl (C=O) groups is 1. The van der Waals surface area contributed by atoms with Gasteiger partial charge in [-0.3, -0.25) is 4.79 Å². The number of nitrogens with zero attached hydrogens (tertiary/aromatic N) is 1. The Kier molecular flexibility index (Phi) is 4.07. The van der Waals surface area contributed by atoms with E-state index in [1.165, 1.54) is 24.3 Å². The van der Waals surface area contributed by atoms with Gasteiger partial charge in [-0.15, -0.1) is 0 Å². The van der Waals surface area contributed by atoms with E-state index in [-0.39, 0.29) is 11.1 Å². The van der Waals surface area contributed by atoms with Crippen molar-refractivity contribution in [3.63, 3.8) is 0 Å². The van der Waals surface area contributed by atoms with Gasteiger partial charge in [0.05, 0.1) is 5.56 Å². The van der Waals surface area contributed by atoms with Crippen molar-refractivity contribution in [2.75, 3.05) is 0 Å². The van der Waals surface area contributed by atoms with Gasteiger partial charge in [-0.1, -0.05) is 42.0 Å². The molecule has 0 aliphatic rings. The molecule has 0 fully saturated rings. The van der Waals surface area contributed by atoms with Crippen molar-refractivity contribution >= 4 is 11.9 Å². The highest BCUT2D eigenvalue weighted by Crippen LogP contribution is 2.15. The molecule has 0 spiro atoms. The summed E-state index contributed by atoms with van der Waals surface area (Å²) in [5.41, 5.74) is 1.59. The molecule has 0 amide bonds. The second-order valence-corrected chi connectivity index (χ2v) is 4.39. The molecule has 2 nitrogen and oxygen atoms in total. The Morgan fingerprint density at radius 1 is 1.20 bits per heavy atom. The van der Waals surface area contributed by atoms with Crippen molar-refractivity contribution in [3.05, 3.63) is 76.6 Å². The first-order chi connectivity index (χ1) is 9.61. The Morgan fingerprint density at radius 2 is 1.95 bits per heavy atom. The van der Waals surface area contributed by atoms with Gasteiger partial charge in [0, 0.05) is 0 Å². The molecule has 3 heteroatoms. The molecular formula is C17H12FNO. The Balaban J connectivity index is 2.41. The van der Waals surface area contributed by atoms with Crippen LogP contribution in [0.5, 0.6) is 0 Å². The van der Waals surface area contributed by atoms with Crippen LogP contribution < -0.4 is 0 Å². The highest BCUT2D eigenvalue weighted by Gasteiger charge is 2.15. The Morgan fingerprint density at radius 3 is 2.60 bits per heavy atom. The van der Waals surface area contributed by atoms with Crippen LogP contribution in [0.4, 0.5) is 4.39 Å². The van der Waals surface area contributed by atoms with Crippen LogP contribution in [-0.4, -0.2) is 5.78 Å². The van der Waals surface area contributed by atoms with Crippen molar-refractivity contribution in [2.24, 2.45) is 0 Å². The molecule has 0 saturated heterocycles. The largest absolute Gasteiger partial charge is 0.288 e. The van der Waals surface area contributed by atoms with Crippen molar-refractivity contribution in [1.29, 1.82) is 5.26 Å². The lowest BCUT2D eigenvalue weighted by atomic mass is 10.0. The van der Waals surface area contributed by atoms with Crippen LogP contribution in [0.15, 0.2) is 54.1 Å². The number of allylic oxidation sites excluding steroid dienone is 1. The third kappa shape index (κ3) is 2.99. The summed E-state index contributed by atoms with van der Waals surface area (Å²) in [4.78, 5) is 12.2. The molecule has 0 bridgehead atoms. The smallest absolute Gasteiger partial charge is 0.206 e. The lowest BCUT2D eigenvalue weighted by molar-refractivity contribution is 0.103. The SMILES string of the molecule is Cc1cccc(/C=C(\C#N)C(=O)c2ccccc2F)c1. The predicted molar refractivity (Wildman–Crippen MR) is 75.5 cm³/mol. The third-order valence-corrected chi connectivity index (χ3v) is 2.84. The van der Waals surface area contributed by atoms with Crippen molar-refractivity contribution in [2.45, 2.75) is 6.92 Å². The van der Waals surface area contributed by atoms with E-state index in [9.17, 15) is 9.18 Å². The molecule has 0 N–H and O–H groups in total. The Bertz CT molecular complexity index is 726. The van der Waals surface area contributed by atoms with Gasteiger partial charge in [-0.25, -0.2) is 4.39 Å². The summed E-state index contributed by atoms with van der Waals surface area (Å²) in [6.45, 7) is 1.92. The van der Waals surface area contributed by atoms with E-state index in [0.717, 1.165) is 11.1 Å². The van der Waals surface area contributed by atoms with Gasteiger partial charge >= 0.3 is 0 Å². The highest BCUT2D eigenvalue weighted by atomic mass is 19.1. The molecule has 0 aliphatic carbocycles. The number of aryl methyl sites for hydroxylation is 1. The molecule has 0 aliphatic heterocycles. The lowest BCUT2D eigenvalue weighted by Gasteiger charge is -2.02. The maximum Gasteiger partial charge on any atom is 0.206 e. The van der Waals surface area contributed by atoms with E-state index in [4.69, 9.17) is 5.26 Å². The van der Waals surface area contributed by atoms with Crippen molar-refractivity contribution in [1.82, 2.24) is 0 Å². The topological polar surface area (TPSA) is 40.9 Å². The minimum atomic E-state index is -0.622. The fourth-order valence-electron chi connectivity index (χ4n) is 1.87. The minimum absolute atomic E-state index is 0.0827. The van der Waals surface area contributed by atoms with Gasteiger partial charge in [-0.05, 0) is 30.7 Å². The molecule has 20 heavy (non-hydrogen) atoms. The molecule has 0 unspecified atom stereocenters. The number of halogens is 1. The highest BCUT2D eigenvalue weighted by molar-refractivity contribution is 6.14. The first kappa shape index (κ1) is 13.7. The monoisotopic (exact) mass is 265 g/mol. The summed E-state index contributed by atoms with van der Waals surface area (Å²) in [6, 6.07) is 14.9. The number of hydrogen-bond acceptors (Lipinski definition) is 2. The normalized spacial score (nSPS) is 10.9. The van der Waals surface area contributed by atoms with Gasteiger partial charge in [-0.2, -0.15) is 5.26 Å². The fourth-order valence-corrected chi connectivity index (χ4v) is 1.87. The first-order valence-corrected chi connectivity index (χ1v) is 6.09. The maximum absolute atomic E-state index is 13.6. The van der Waals surface area contributed by atoms with Crippen molar-refractivity contribution in [3.8, 4) is 6.07 Å². The molecular weight excluding hydrogens is 253 g/mol. The van der Waals surface area contributed by atoms with Gasteiger partial charge < -0.3 is 0 Å². The maximum atomic E-state index is 13.6. The number of benzene rings is 2. The van der Waals surface area contributed by atoms with Crippen molar-refractivity contribution < 1.29 is 9.18 Å². The van der Waals surface area contributed by atoms with Crippen LogP contribution >= 0.6 is 0 Å². The van der Waals surface area contributed by atoms with Crippen LogP contribution in [0.3, 0.4) is 0 Å². The van der Waals surface area contributed by atoms with Crippen LogP contribution in [0.2, 0.25) is 0 Å². The summed E-state index contributed by atoms with van der Waals surface area (Å²) in [5.74, 6) is -1.23. The Hall–Kier alpha value is -2.73. The van der Waals surface area contributed by atoms with Crippen LogP contribution in [0, 0.1) is 24.1 Å². The van der Waals surface area contributed by atoms with E-state index in [0.29, 0.717) is 0 Å². The van der Waals surface area contributed by atoms with Crippen LogP contribution in [0.1, 0.15) is 21.5 Å². The first-order valence-electron chi connectivity index (χ1n) is 6.09. The molecule has 0 aromatic heterocycles. The van der Waals surface area contributed by atoms with Gasteiger partial charge in [0.25, 0.3) is 0 Å². The summed E-state index contributed by atoms with van der Waals surface area (Å²) in [5, 5.41) is 9.12. The minimum Gasteiger partial charge on any atom is -0.288 e. The van der Waals surface area contributed by atoms with E-state index < -0.39 is 11.6 Å². The van der Waals surface area contributed by atoms with Gasteiger partial charge in [0.15, 0.2) is 0 Å². The van der Waals surface area contributed by atoms with E-state index >= 15 is 0 Å². The molecule has 0 heterocycles. The molecule has 2 aromatic rings. The molecule has 98 valence electrons. The van der Waals surface area contributed by atoms with Crippen LogP contribution in [0.25, 0.3) is 6.08 Å². The molecule has 2 rings (SSSR count). The second-order valence-electron chi connectivity index (χ2n) is 4.39. The summed E-state index contributed by atoms with van der Waals surface area (Å²) < 4.78 is 13.6. The number of ketones is 1.